The molecule has 0 N–H and O–H groups in total. The second-order valence-electron chi connectivity index (χ2n) is 6.13. The quantitative estimate of drug-likeness (QED) is 0.686. The molecule has 5 heteroatoms. The Morgan fingerprint density at radius 2 is 0.880 bits per heavy atom. The third kappa shape index (κ3) is 7.81. The standard InChI is InChI=1S/2C10H12O2.Cd/c2*1-7(2)8-3-5-9(6-4-8)10(11)12;/h2*3-7H,1-2H3,(H,11,12);/q;;+2/p-2. The van der Waals surface area contributed by atoms with E-state index < -0.39 is 11.9 Å². The van der Waals surface area contributed by atoms with Gasteiger partial charge in [0.25, 0.3) is 0 Å². The van der Waals surface area contributed by atoms with Gasteiger partial charge in [0, 0.05) is 0 Å². The molecule has 128 valence electrons. The molecule has 0 fully saturated rings. The minimum Gasteiger partial charge on any atom is -0.545 e. The molecule has 0 atom stereocenters. The topological polar surface area (TPSA) is 80.3 Å². The summed E-state index contributed by atoms with van der Waals surface area (Å²) in [5, 5.41) is 20.7. The summed E-state index contributed by atoms with van der Waals surface area (Å²) < 4.78 is 0. The third-order valence-corrected chi connectivity index (χ3v) is 3.63. The molecule has 0 unspecified atom stereocenters. The largest absolute Gasteiger partial charge is 2.00 e. The van der Waals surface area contributed by atoms with Crippen LogP contribution in [0.3, 0.4) is 0 Å². The van der Waals surface area contributed by atoms with E-state index in [1.807, 2.05) is 24.3 Å². The molecule has 0 aromatic heterocycles. The monoisotopic (exact) mass is 440 g/mol. The van der Waals surface area contributed by atoms with E-state index in [0.717, 1.165) is 11.1 Å². The van der Waals surface area contributed by atoms with Crippen molar-refractivity contribution >= 4 is 11.9 Å². The van der Waals surface area contributed by atoms with E-state index in [1.165, 1.54) is 0 Å². The van der Waals surface area contributed by atoms with Crippen LogP contribution in [-0.4, -0.2) is 11.9 Å². The molecule has 0 radical (unpaired) electrons. The van der Waals surface area contributed by atoms with Crippen LogP contribution in [0.5, 0.6) is 0 Å². The van der Waals surface area contributed by atoms with E-state index in [-0.39, 0.29) is 38.4 Å². The molecule has 0 aliphatic rings. The van der Waals surface area contributed by atoms with Gasteiger partial charge in [0.1, 0.15) is 0 Å². The summed E-state index contributed by atoms with van der Waals surface area (Å²) in [7, 11) is 0. The van der Waals surface area contributed by atoms with Crippen LogP contribution in [0.25, 0.3) is 0 Å². The van der Waals surface area contributed by atoms with E-state index in [2.05, 4.69) is 27.7 Å². The summed E-state index contributed by atoms with van der Waals surface area (Å²) in [4.78, 5) is 20.7. The van der Waals surface area contributed by atoms with Crippen LogP contribution in [0.1, 0.15) is 71.4 Å². The van der Waals surface area contributed by atoms with Gasteiger partial charge in [-0.05, 0) is 34.1 Å². The first-order valence-electron chi connectivity index (χ1n) is 7.85. The molecule has 4 nitrogen and oxygen atoms in total. The number of aromatic carboxylic acids is 2. The van der Waals surface area contributed by atoms with Crippen molar-refractivity contribution in [2.75, 3.05) is 0 Å². The molecule has 0 saturated carbocycles. The first-order valence-corrected chi connectivity index (χ1v) is 7.85. The first kappa shape index (κ1) is 23.3. The minimum atomic E-state index is -1.12. The van der Waals surface area contributed by atoms with Gasteiger partial charge in [-0.3, -0.25) is 0 Å². The van der Waals surface area contributed by atoms with E-state index >= 15 is 0 Å². The predicted molar refractivity (Wildman–Crippen MR) is 89.7 cm³/mol. The van der Waals surface area contributed by atoms with Gasteiger partial charge in [0.05, 0.1) is 11.9 Å². The maximum atomic E-state index is 10.4. The summed E-state index contributed by atoms with van der Waals surface area (Å²) in [6.45, 7) is 8.25. The van der Waals surface area contributed by atoms with Gasteiger partial charge in [-0.25, -0.2) is 0 Å². The predicted octanol–water partition coefficient (Wildman–Crippen LogP) is 2.34. The van der Waals surface area contributed by atoms with Crippen LogP contribution >= 0.6 is 0 Å². The number of carbonyl (C=O) groups excluding carboxylic acids is 2. The molecule has 0 aliphatic heterocycles. The number of hydrogen-bond acceptors (Lipinski definition) is 4. The molecule has 25 heavy (non-hydrogen) atoms. The van der Waals surface area contributed by atoms with Crippen molar-refractivity contribution < 1.29 is 47.1 Å². The number of carbonyl (C=O) groups is 2. The van der Waals surface area contributed by atoms with Gasteiger partial charge < -0.3 is 19.8 Å². The van der Waals surface area contributed by atoms with Gasteiger partial charge in [0.2, 0.25) is 0 Å². The summed E-state index contributed by atoms with van der Waals surface area (Å²) in [6, 6.07) is 13.6. The summed E-state index contributed by atoms with van der Waals surface area (Å²) in [5.74, 6) is -1.38. The number of carboxylic acid groups (broad SMARTS) is 2. The molecule has 2 aromatic carbocycles. The van der Waals surface area contributed by atoms with Gasteiger partial charge in [0.15, 0.2) is 0 Å². The fourth-order valence-electron chi connectivity index (χ4n) is 2.01. The van der Waals surface area contributed by atoms with E-state index in [1.54, 1.807) is 24.3 Å². The zero-order valence-electron chi connectivity index (χ0n) is 15.1. The Balaban J connectivity index is 0.000000443. The van der Waals surface area contributed by atoms with E-state index in [4.69, 9.17) is 0 Å². The van der Waals surface area contributed by atoms with Crippen LogP contribution in [0.2, 0.25) is 0 Å². The average Bonchev–Trinajstić information content (AvgIpc) is 2.55. The minimum absolute atomic E-state index is 0. The van der Waals surface area contributed by atoms with Crippen molar-refractivity contribution in [2.24, 2.45) is 0 Å². The van der Waals surface area contributed by atoms with E-state index in [0.29, 0.717) is 11.8 Å². The Bertz CT molecular complexity index is 612. The molecule has 2 aromatic rings. The molecule has 0 saturated heterocycles. The van der Waals surface area contributed by atoms with Crippen LogP contribution in [0, 0.1) is 0 Å². The average molecular weight is 439 g/mol. The van der Waals surface area contributed by atoms with Crippen molar-refractivity contribution in [2.45, 2.75) is 39.5 Å². The van der Waals surface area contributed by atoms with Crippen LogP contribution < -0.4 is 10.2 Å². The number of hydrogen-bond donors (Lipinski definition) is 0. The molecule has 2 rings (SSSR count). The fraction of sp³-hybridized carbons (Fsp3) is 0.300. The molecular weight excluding hydrogens is 417 g/mol. The maximum Gasteiger partial charge on any atom is 2.00 e. The van der Waals surface area contributed by atoms with Crippen molar-refractivity contribution in [3.63, 3.8) is 0 Å². The van der Waals surface area contributed by atoms with Crippen LogP contribution in [0.15, 0.2) is 48.5 Å². The fourth-order valence-corrected chi connectivity index (χ4v) is 2.01. The summed E-state index contributed by atoms with van der Waals surface area (Å²) in [5.41, 5.74) is 2.75. The molecule has 0 bridgehead atoms. The number of rotatable bonds is 4. The molecular formula is C20H22CdO4. The Kier molecular flexibility index (Phi) is 10.3. The zero-order valence-corrected chi connectivity index (χ0v) is 19.1. The first-order chi connectivity index (χ1) is 11.2. The summed E-state index contributed by atoms with van der Waals surface area (Å²) >= 11 is 0. The normalized spacial score (nSPS) is 9.84. The van der Waals surface area contributed by atoms with E-state index in [9.17, 15) is 19.8 Å². The zero-order chi connectivity index (χ0) is 18.3. The molecule has 0 heterocycles. The Hall–Kier alpha value is -1.70. The van der Waals surface area contributed by atoms with Gasteiger partial charge in [-0.15, -0.1) is 0 Å². The van der Waals surface area contributed by atoms with Gasteiger partial charge in [-0.2, -0.15) is 0 Å². The molecule has 0 amide bonds. The van der Waals surface area contributed by atoms with Crippen LogP contribution in [0.4, 0.5) is 0 Å². The van der Waals surface area contributed by atoms with Crippen molar-refractivity contribution in [1.29, 1.82) is 0 Å². The van der Waals surface area contributed by atoms with Gasteiger partial charge in [-0.1, -0.05) is 76.2 Å². The second-order valence-corrected chi connectivity index (χ2v) is 6.13. The molecule has 0 aliphatic carbocycles. The summed E-state index contributed by atoms with van der Waals surface area (Å²) in [6.07, 6.45) is 0. The Labute approximate surface area is 169 Å². The van der Waals surface area contributed by atoms with Crippen LogP contribution in [-0.2, 0) is 27.3 Å². The number of carboxylic acids is 2. The Morgan fingerprint density at radius 1 is 0.640 bits per heavy atom. The van der Waals surface area contributed by atoms with Crippen molar-refractivity contribution in [1.82, 2.24) is 0 Å². The Morgan fingerprint density at radius 3 is 1.04 bits per heavy atom. The van der Waals surface area contributed by atoms with Crippen molar-refractivity contribution in [3.05, 3.63) is 70.8 Å². The molecule has 0 spiro atoms. The van der Waals surface area contributed by atoms with Gasteiger partial charge >= 0.3 is 27.3 Å². The maximum absolute atomic E-state index is 10.4. The smallest absolute Gasteiger partial charge is 0.545 e. The third-order valence-electron chi connectivity index (χ3n) is 3.63. The SMILES string of the molecule is CC(C)c1ccc(C(=O)[O-])cc1.CC(C)c1ccc(C(=O)[O-])cc1.[Cd+2]. The second kappa shape index (κ2) is 11.0. The van der Waals surface area contributed by atoms with Crippen molar-refractivity contribution in [3.8, 4) is 0 Å². The number of benzene rings is 2.